The number of nitrogens with zero attached hydrogens (tertiary/aromatic N) is 1. The van der Waals surface area contributed by atoms with Gasteiger partial charge in [0.2, 0.25) is 0 Å². The molecule has 23 heavy (non-hydrogen) atoms. The summed E-state index contributed by atoms with van der Waals surface area (Å²) in [6.07, 6.45) is -5.20. The summed E-state index contributed by atoms with van der Waals surface area (Å²) >= 11 is 0. The predicted octanol–water partition coefficient (Wildman–Crippen LogP) is 4.32. The lowest BCUT2D eigenvalue weighted by molar-refractivity contribution is -0.132. The van der Waals surface area contributed by atoms with Crippen LogP contribution in [0.25, 0.3) is 0 Å². The average molecular weight is 447 g/mol. The Morgan fingerprint density at radius 3 is 2.48 bits per heavy atom. The van der Waals surface area contributed by atoms with E-state index in [1.54, 1.807) is 26.0 Å². The van der Waals surface area contributed by atoms with Crippen LogP contribution in [0.1, 0.15) is 37.4 Å². The highest BCUT2D eigenvalue weighted by Crippen LogP contribution is 2.19. The van der Waals surface area contributed by atoms with Gasteiger partial charge in [0.15, 0.2) is 5.96 Å². The van der Waals surface area contributed by atoms with E-state index in [4.69, 9.17) is 0 Å². The first-order valence-electron chi connectivity index (χ1n) is 7.10. The smallest absolute Gasteiger partial charge is 0.357 e. The van der Waals surface area contributed by atoms with Crippen molar-refractivity contribution in [2.45, 2.75) is 39.4 Å². The van der Waals surface area contributed by atoms with Crippen LogP contribution in [-0.4, -0.2) is 25.2 Å². The Labute approximate surface area is 151 Å². The van der Waals surface area contributed by atoms with E-state index in [0.717, 1.165) is 0 Å². The van der Waals surface area contributed by atoms with Crippen molar-refractivity contribution in [1.29, 1.82) is 0 Å². The molecule has 2 N–H and O–H groups in total. The maximum absolute atomic E-state index is 13.6. The minimum Gasteiger partial charge on any atom is -0.357 e. The molecule has 0 aliphatic rings. The lowest BCUT2D eigenvalue weighted by Crippen LogP contribution is -2.39. The van der Waals surface area contributed by atoms with Gasteiger partial charge in [-0.05, 0) is 38.0 Å². The molecule has 0 radical (unpaired) electrons. The van der Waals surface area contributed by atoms with Gasteiger partial charge in [-0.15, -0.1) is 24.0 Å². The van der Waals surface area contributed by atoms with Crippen molar-refractivity contribution in [3.05, 3.63) is 35.1 Å². The first-order chi connectivity index (χ1) is 10.2. The number of benzene rings is 1. The highest BCUT2D eigenvalue weighted by atomic mass is 127. The van der Waals surface area contributed by atoms with Crippen LogP contribution in [0.5, 0.6) is 0 Å². The largest absolute Gasteiger partial charge is 0.390 e. The first kappa shape index (κ1) is 21.9. The summed E-state index contributed by atoms with van der Waals surface area (Å²) in [6, 6.07) is 4.57. The van der Waals surface area contributed by atoms with E-state index >= 15 is 0 Å². The van der Waals surface area contributed by atoms with E-state index in [1.807, 2.05) is 6.92 Å². The number of guanidine groups is 1. The van der Waals surface area contributed by atoms with Crippen molar-refractivity contribution in [1.82, 2.24) is 10.6 Å². The molecule has 0 fully saturated rings. The molecule has 132 valence electrons. The molecule has 0 bridgehead atoms. The standard InChI is InChI=1S/C15H21F4N3.HI/c1-4-20-14(21-8-7-15(17,18)19)22-11(3)12-6-5-10(2)13(16)9-12;/h5-6,9,11H,4,7-8H2,1-3H3,(H2,20,21,22);1H. The third kappa shape index (κ3) is 8.38. The monoisotopic (exact) mass is 447 g/mol. The highest BCUT2D eigenvalue weighted by molar-refractivity contribution is 14.0. The van der Waals surface area contributed by atoms with E-state index in [1.165, 1.54) is 6.07 Å². The van der Waals surface area contributed by atoms with E-state index in [-0.39, 0.29) is 48.3 Å². The summed E-state index contributed by atoms with van der Waals surface area (Å²) in [7, 11) is 0. The van der Waals surface area contributed by atoms with Crippen LogP contribution in [0, 0.1) is 12.7 Å². The zero-order valence-corrected chi connectivity index (χ0v) is 15.6. The van der Waals surface area contributed by atoms with Gasteiger partial charge in [0.25, 0.3) is 0 Å². The molecule has 0 aromatic heterocycles. The van der Waals surface area contributed by atoms with Gasteiger partial charge in [-0.2, -0.15) is 13.2 Å². The number of rotatable bonds is 5. The maximum atomic E-state index is 13.6. The van der Waals surface area contributed by atoms with Gasteiger partial charge in [0, 0.05) is 6.54 Å². The molecule has 0 heterocycles. The second kappa shape index (κ2) is 9.94. The Balaban J connectivity index is 0.00000484. The summed E-state index contributed by atoms with van der Waals surface area (Å²) < 4.78 is 50.0. The van der Waals surface area contributed by atoms with Crippen LogP contribution in [0.4, 0.5) is 17.6 Å². The molecule has 8 heteroatoms. The summed E-state index contributed by atoms with van der Waals surface area (Å²) in [5.41, 5.74) is 1.24. The Kier molecular flexibility index (Phi) is 9.48. The van der Waals surface area contributed by atoms with Crippen LogP contribution in [0.2, 0.25) is 0 Å². The molecule has 0 aliphatic heterocycles. The number of hydrogen-bond donors (Lipinski definition) is 2. The second-order valence-corrected chi connectivity index (χ2v) is 5.00. The molecule has 1 aromatic carbocycles. The molecule has 1 atom stereocenters. The zero-order valence-electron chi connectivity index (χ0n) is 13.3. The van der Waals surface area contributed by atoms with Crippen LogP contribution in [0.3, 0.4) is 0 Å². The molecule has 0 aliphatic carbocycles. The quantitative estimate of drug-likeness (QED) is 0.305. The van der Waals surface area contributed by atoms with E-state index in [9.17, 15) is 17.6 Å². The normalized spacial score (nSPS) is 13.3. The molecular weight excluding hydrogens is 425 g/mol. The highest BCUT2D eigenvalue weighted by Gasteiger charge is 2.26. The summed E-state index contributed by atoms with van der Waals surface area (Å²) in [5.74, 6) is -0.0367. The van der Waals surface area contributed by atoms with Crippen molar-refractivity contribution in [3.8, 4) is 0 Å². The molecule has 3 nitrogen and oxygen atoms in total. The van der Waals surface area contributed by atoms with Crippen LogP contribution in [0.15, 0.2) is 23.2 Å². The van der Waals surface area contributed by atoms with Gasteiger partial charge >= 0.3 is 6.18 Å². The Morgan fingerprint density at radius 2 is 1.96 bits per heavy atom. The molecule has 1 unspecified atom stereocenters. The molecule has 0 saturated carbocycles. The van der Waals surface area contributed by atoms with Crippen molar-refractivity contribution in [2.75, 3.05) is 13.1 Å². The number of alkyl halides is 3. The molecule has 0 saturated heterocycles. The molecule has 0 amide bonds. The fourth-order valence-corrected chi connectivity index (χ4v) is 1.78. The number of hydrogen-bond acceptors (Lipinski definition) is 1. The van der Waals surface area contributed by atoms with Gasteiger partial charge in [0.1, 0.15) is 5.82 Å². The first-order valence-corrected chi connectivity index (χ1v) is 7.10. The minimum atomic E-state index is -4.23. The van der Waals surface area contributed by atoms with Gasteiger partial charge < -0.3 is 10.6 Å². The molecular formula is C15H22F4IN3. The Hall–Kier alpha value is -1.06. The maximum Gasteiger partial charge on any atom is 0.390 e. The van der Waals surface area contributed by atoms with Gasteiger partial charge in [-0.3, -0.25) is 4.99 Å². The molecule has 1 aromatic rings. The third-order valence-electron chi connectivity index (χ3n) is 3.06. The zero-order chi connectivity index (χ0) is 16.8. The van der Waals surface area contributed by atoms with Crippen LogP contribution >= 0.6 is 24.0 Å². The van der Waals surface area contributed by atoms with Gasteiger partial charge in [-0.25, -0.2) is 4.39 Å². The lowest BCUT2D eigenvalue weighted by Gasteiger charge is -2.18. The van der Waals surface area contributed by atoms with Crippen molar-refractivity contribution in [2.24, 2.45) is 4.99 Å². The Morgan fingerprint density at radius 1 is 1.30 bits per heavy atom. The third-order valence-corrected chi connectivity index (χ3v) is 3.06. The fourth-order valence-electron chi connectivity index (χ4n) is 1.78. The number of halogens is 5. The van der Waals surface area contributed by atoms with Crippen molar-refractivity contribution in [3.63, 3.8) is 0 Å². The summed E-state index contributed by atoms with van der Waals surface area (Å²) in [5, 5.41) is 5.85. The minimum absolute atomic E-state index is 0. The van der Waals surface area contributed by atoms with Gasteiger partial charge in [-0.1, -0.05) is 12.1 Å². The predicted molar refractivity (Wildman–Crippen MR) is 94.8 cm³/mol. The van der Waals surface area contributed by atoms with E-state index < -0.39 is 12.6 Å². The SMILES string of the molecule is CCNC(=NCCC(F)(F)F)NC(C)c1ccc(C)c(F)c1.I. The van der Waals surface area contributed by atoms with E-state index in [2.05, 4.69) is 15.6 Å². The topological polar surface area (TPSA) is 36.4 Å². The number of nitrogens with one attached hydrogen (secondary N) is 2. The van der Waals surface area contributed by atoms with E-state index in [0.29, 0.717) is 17.7 Å². The summed E-state index contributed by atoms with van der Waals surface area (Å²) in [4.78, 5) is 3.88. The van der Waals surface area contributed by atoms with Gasteiger partial charge in [0.05, 0.1) is 19.0 Å². The summed E-state index contributed by atoms with van der Waals surface area (Å²) in [6.45, 7) is 5.44. The van der Waals surface area contributed by atoms with Crippen molar-refractivity contribution < 1.29 is 17.6 Å². The molecule has 1 rings (SSSR count). The lowest BCUT2D eigenvalue weighted by atomic mass is 10.1. The van der Waals surface area contributed by atoms with Crippen LogP contribution in [-0.2, 0) is 0 Å². The fraction of sp³-hybridized carbons (Fsp3) is 0.533. The second-order valence-electron chi connectivity index (χ2n) is 5.00. The number of aryl methyl sites for hydroxylation is 1. The number of aliphatic imine (C=N–C) groups is 1. The van der Waals surface area contributed by atoms with Crippen LogP contribution < -0.4 is 10.6 Å². The Bertz CT molecular complexity index is 518. The van der Waals surface area contributed by atoms with Crippen molar-refractivity contribution >= 4 is 29.9 Å². The molecule has 0 spiro atoms. The average Bonchev–Trinajstić information content (AvgIpc) is 2.40.